The minimum Gasteiger partial charge on any atom is -0.487 e. The van der Waals surface area contributed by atoms with Crippen molar-refractivity contribution in [1.29, 1.82) is 0 Å². The van der Waals surface area contributed by atoms with E-state index in [9.17, 15) is 9.18 Å². The number of fused-ring (bicyclic) bond motifs is 1. The molecule has 2 aromatic carbocycles. The molecule has 1 aliphatic heterocycles. The molecule has 3 aromatic rings. The molecule has 1 N–H and O–H groups in total. The summed E-state index contributed by atoms with van der Waals surface area (Å²) in [6.45, 7) is 2.30. The summed E-state index contributed by atoms with van der Waals surface area (Å²) in [4.78, 5) is 18.2. The van der Waals surface area contributed by atoms with Gasteiger partial charge in [0.25, 0.3) is 0 Å². The molecule has 0 bridgehead atoms. The van der Waals surface area contributed by atoms with Gasteiger partial charge in [0.05, 0.1) is 12.2 Å². The Hall–Kier alpha value is -3.12. The number of halogens is 2. The van der Waals surface area contributed by atoms with E-state index < -0.39 is 5.82 Å². The second-order valence-electron chi connectivity index (χ2n) is 6.49. The summed E-state index contributed by atoms with van der Waals surface area (Å²) in [7, 11) is 0. The second-order valence-corrected chi connectivity index (χ2v) is 6.92. The molecule has 5 nitrogen and oxygen atoms in total. The number of nitrogens with zero attached hydrogens (tertiary/aromatic N) is 2. The number of anilines is 2. The van der Waals surface area contributed by atoms with Crippen LogP contribution >= 0.6 is 11.6 Å². The molecule has 28 heavy (non-hydrogen) atoms. The van der Waals surface area contributed by atoms with Crippen LogP contribution in [0.3, 0.4) is 0 Å². The number of pyridine rings is 1. The van der Waals surface area contributed by atoms with Crippen LogP contribution < -0.4 is 15.0 Å². The molecule has 2 amide bonds. The van der Waals surface area contributed by atoms with Crippen LogP contribution in [0, 0.1) is 12.7 Å². The monoisotopic (exact) mass is 397 g/mol. The Bertz CT molecular complexity index is 1060. The maximum absolute atomic E-state index is 13.7. The number of carbonyl (C=O) groups is 1. The molecular formula is C21H17ClFN3O2. The van der Waals surface area contributed by atoms with Gasteiger partial charge in [0.15, 0.2) is 0 Å². The Kier molecular flexibility index (Phi) is 4.88. The van der Waals surface area contributed by atoms with Gasteiger partial charge >= 0.3 is 6.03 Å². The maximum Gasteiger partial charge on any atom is 0.326 e. The topological polar surface area (TPSA) is 54.5 Å². The Morgan fingerprint density at radius 3 is 2.93 bits per heavy atom. The van der Waals surface area contributed by atoms with Crippen LogP contribution in [-0.4, -0.2) is 11.0 Å². The van der Waals surface area contributed by atoms with Crippen molar-refractivity contribution >= 4 is 29.0 Å². The third-order valence-electron chi connectivity index (χ3n) is 4.56. The Morgan fingerprint density at radius 2 is 2.11 bits per heavy atom. The molecule has 142 valence electrons. The zero-order chi connectivity index (χ0) is 19.7. The van der Waals surface area contributed by atoms with Crippen molar-refractivity contribution < 1.29 is 13.9 Å². The van der Waals surface area contributed by atoms with E-state index in [0.717, 1.165) is 16.8 Å². The maximum atomic E-state index is 13.7. The molecule has 2 heterocycles. The third kappa shape index (κ3) is 3.64. The normalized spacial score (nSPS) is 13.1. The SMILES string of the molecule is Cc1ccc(OCc2ncccc2F)cc1N1Cc2cc(Cl)ccc2NC1=O. The molecule has 0 spiro atoms. The number of aromatic nitrogens is 1. The first-order valence-corrected chi connectivity index (χ1v) is 9.09. The summed E-state index contributed by atoms with van der Waals surface area (Å²) < 4.78 is 19.4. The predicted octanol–water partition coefficient (Wildman–Crippen LogP) is 5.31. The molecule has 0 saturated heterocycles. The van der Waals surface area contributed by atoms with Gasteiger partial charge < -0.3 is 10.1 Å². The number of aryl methyl sites for hydroxylation is 1. The second kappa shape index (κ2) is 7.48. The van der Waals surface area contributed by atoms with Gasteiger partial charge in [-0.05, 0) is 54.4 Å². The zero-order valence-electron chi connectivity index (χ0n) is 15.1. The molecular weight excluding hydrogens is 381 g/mol. The van der Waals surface area contributed by atoms with Crippen LogP contribution in [-0.2, 0) is 13.2 Å². The van der Waals surface area contributed by atoms with E-state index in [-0.39, 0.29) is 18.3 Å². The molecule has 0 radical (unpaired) electrons. The molecule has 0 unspecified atom stereocenters. The number of urea groups is 1. The quantitative estimate of drug-likeness (QED) is 0.648. The van der Waals surface area contributed by atoms with Crippen LogP contribution in [0.4, 0.5) is 20.6 Å². The highest BCUT2D eigenvalue weighted by molar-refractivity contribution is 6.30. The highest BCUT2D eigenvalue weighted by atomic mass is 35.5. The summed E-state index contributed by atoms with van der Waals surface area (Å²) in [6.07, 6.45) is 1.52. The lowest BCUT2D eigenvalue weighted by Crippen LogP contribution is -2.39. The molecule has 0 saturated carbocycles. The minimum atomic E-state index is -0.418. The smallest absolute Gasteiger partial charge is 0.326 e. The third-order valence-corrected chi connectivity index (χ3v) is 4.80. The Labute approximate surface area is 166 Å². The van der Waals surface area contributed by atoms with Crippen LogP contribution in [0.2, 0.25) is 5.02 Å². The van der Waals surface area contributed by atoms with Crippen molar-refractivity contribution in [2.45, 2.75) is 20.1 Å². The van der Waals surface area contributed by atoms with Crippen LogP contribution in [0.15, 0.2) is 54.7 Å². The molecule has 0 aliphatic carbocycles. The van der Waals surface area contributed by atoms with Gasteiger partial charge in [0.2, 0.25) is 0 Å². The van der Waals surface area contributed by atoms with Crippen molar-refractivity contribution in [1.82, 2.24) is 4.98 Å². The highest BCUT2D eigenvalue weighted by Gasteiger charge is 2.25. The van der Waals surface area contributed by atoms with E-state index in [4.69, 9.17) is 16.3 Å². The van der Waals surface area contributed by atoms with E-state index in [1.54, 1.807) is 29.2 Å². The van der Waals surface area contributed by atoms with Crippen LogP contribution in [0.1, 0.15) is 16.8 Å². The summed E-state index contributed by atoms with van der Waals surface area (Å²) >= 11 is 6.09. The van der Waals surface area contributed by atoms with E-state index in [1.165, 1.54) is 18.3 Å². The first-order valence-electron chi connectivity index (χ1n) is 8.71. The molecule has 0 atom stereocenters. The number of ether oxygens (including phenoxy) is 1. The number of amides is 2. The summed E-state index contributed by atoms with van der Waals surface area (Å²) in [5.41, 5.74) is 3.53. The molecule has 1 aromatic heterocycles. The average molecular weight is 398 g/mol. The molecule has 1 aliphatic rings. The summed E-state index contributed by atoms with van der Waals surface area (Å²) in [5, 5.41) is 3.49. The van der Waals surface area contributed by atoms with Gasteiger partial charge in [-0.3, -0.25) is 9.88 Å². The number of benzene rings is 2. The minimum absolute atomic E-state index is 0.000186. The lowest BCUT2D eigenvalue weighted by atomic mass is 10.1. The van der Waals surface area contributed by atoms with Gasteiger partial charge in [0.1, 0.15) is 23.9 Å². The van der Waals surface area contributed by atoms with E-state index in [0.29, 0.717) is 23.0 Å². The summed E-state index contributed by atoms with van der Waals surface area (Å²) in [6, 6.07) is 13.4. The summed E-state index contributed by atoms with van der Waals surface area (Å²) in [5.74, 6) is 0.106. The molecule has 0 fully saturated rings. The molecule has 4 rings (SSSR count). The van der Waals surface area contributed by atoms with Gasteiger partial charge in [-0.15, -0.1) is 0 Å². The van der Waals surface area contributed by atoms with E-state index in [1.807, 2.05) is 19.1 Å². The van der Waals surface area contributed by atoms with Gasteiger partial charge in [-0.2, -0.15) is 0 Å². The fourth-order valence-corrected chi connectivity index (χ4v) is 3.28. The van der Waals surface area contributed by atoms with Crippen molar-refractivity contribution in [3.63, 3.8) is 0 Å². The highest BCUT2D eigenvalue weighted by Crippen LogP contribution is 2.33. The van der Waals surface area contributed by atoms with Crippen LogP contribution in [0.5, 0.6) is 5.75 Å². The fourth-order valence-electron chi connectivity index (χ4n) is 3.08. The first-order chi connectivity index (χ1) is 13.5. The zero-order valence-corrected chi connectivity index (χ0v) is 15.8. The number of rotatable bonds is 4. The van der Waals surface area contributed by atoms with Crippen LogP contribution in [0.25, 0.3) is 0 Å². The molecule has 7 heteroatoms. The number of hydrogen-bond donors (Lipinski definition) is 1. The number of nitrogens with one attached hydrogen (secondary N) is 1. The van der Waals surface area contributed by atoms with E-state index >= 15 is 0 Å². The standard InChI is InChI=1S/C21H17ClFN3O2/c1-13-4-6-16(28-12-19-17(23)3-2-8-24-19)10-20(13)26-11-14-9-15(22)5-7-18(14)25-21(26)27/h2-10H,11-12H2,1H3,(H,25,27). The predicted molar refractivity (Wildman–Crippen MR) is 106 cm³/mol. The van der Waals surface area contributed by atoms with Gasteiger partial charge in [0, 0.05) is 23.0 Å². The lowest BCUT2D eigenvalue weighted by Gasteiger charge is -2.30. The van der Waals surface area contributed by atoms with E-state index in [2.05, 4.69) is 10.3 Å². The first kappa shape index (κ1) is 18.3. The largest absolute Gasteiger partial charge is 0.487 e. The average Bonchev–Trinajstić information content (AvgIpc) is 2.68. The Morgan fingerprint density at radius 1 is 1.25 bits per heavy atom. The van der Waals surface area contributed by atoms with Crippen molar-refractivity contribution in [2.24, 2.45) is 0 Å². The van der Waals surface area contributed by atoms with Crippen molar-refractivity contribution in [3.05, 3.63) is 82.4 Å². The van der Waals surface area contributed by atoms with Gasteiger partial charge in [-0.25, -0.2) is 9.18 Å². The van der Waals surface area contributed by atoms with Gasteiger partial charge in [-0.1, -0.05) is 17.7 Å². The van der Waals surface area contributed by atoms with Crippen molar-refractivity contribution in [2.75, 3.05) is 10.2 Å². The Balaban J connectivity index is 1.59. The van der Waals surface area contributed by atoms with Crippen molar-refractivity contribution in [3.8, 4) is 5.75 Å². The fraction of sp³-hybridized carbons (Fsp3) is 0.143. The number of carbonyl (C=O) groups excluding carboxylic acids is 1. The lowest BCUT2D eigenvalue weighted by molar-refractivity contribution is 0.256. The number of hydrogen-bond acceptors (Lipinski definition) is 3.